The Balaban J connectivity index is 1.22. The van der Waals surface area contributed by atoms with Gasteiger partial charge in [0.05, 0.1) is 26.4 Å². The number of hydrogen-bond acceptors (Lipinski definition) is 8. The summed E-state index contributed by atoms with van der Waals surface area (Å²) in [6, 6.07) is 12.9. The molecular weight excluding hydrogens is 484 g/mol. The Bertz CT molecular complexity index is 1050. The first-order chi connectivity index (χ1) is 18.8. The van der Waals surface area contributed by atoms with E-state index in [1.54, 1.807) is 0 Å². The lowest BCUT2D eigenvalue weighted by atomic mass is 9.79. The lowest BCUT2D eigenvalue weighted by molar-refractivity contribution is 0.0237. The molecular formula is C30H40N2O6. The third-order valence-corrected chi connectivity index (χ3v) is 8.29. The predicted molar refractivity (Wildman–Crippen MR) is 143 cm³/mol. The third kappa shape index (κ3) is 6.54. The summed E-state index contributed by atoms with van der Waals surface area (Å²) in [6.07, 6.45) is 4.42. The zero-order valence-corrected chi connectivity index (χ0v) is 22.3. The van der Waals surface area contributed by atoms with Crippen LogP contribution in [0.1, 0.15) is 24.0 Å². The summed E-state index contributed by atoms with van der Waals surface area (Å²) in [5.41, 5.74) is 2.64. The fraction of sp³-hybridized carbons (Fsp3) is 0.600. The van der Waals surface area contributed by atoms with E-state index in [9.17, 15) is 0 Å². The molecule has 0 bridgehead atoms. The molecule has 38 heavy (non-hydrogen) atoms. The molecule has 2 aromatic carbocycles. The van der Waals surface area contributed by atoms with Gasteiger partial charge in [-0.15, -0.1) is 0 Å². The van der Waals surface area contributed by atoms with Gasteiger partial charge in [-0.2, -0.15) is 0 Å². The highest BCUT2D eigenvalue weighted by Gasteiger charge is 2.27. The van der Waals surface area contributed by atoms with Crippen LogP contribution in [0.15, 0.2) is 36.4 Å². The standard InChI is InChI=1S/C30H40N2O6/c1(7-31-8-12-33-13-9-31)2-25(16-23-3-5-27-29(18-23)37-21-35-27)26(20-32-10-14-34-15-11-32)17-24-4-6-28-30(19-24)38-22-36-28/h3-6,18-19,25-26H,1-2,7-17,20-22H2/t25-,26+/m0/s1. The van der Waals surface area contributed by atoms with Gasteiger partial charge in [-0.25, -0.2) is 0 Å². The van der Waals surface area contributed by atoms with Crippen molar-refractivity contribution in [1.82, 2.24) is 9.80 Å². The first-order valence-corrected chi connectivity index (χ1v) is 14.2. The van der Waals surface area contributed by atoms with E-state index in [0.717, 1.165) is 102 Å². The second-order valence-electron chi connectivity index (χ2n) is 10.8. The Morgan fingerprint density at radius 2 is 1.13 bits per heavy atom. The van der Waals surface area contributed by atoms with Crippen molar-refractivity contribution in [1.29, 1.82) is 0 Å². The maximum Gasteiger partial charge on any atom is 0.231 e. The molecule has 4 aliphatic rings. The van der Waals surface area contributed by atoms with Crippen molar-refractivity contribution in [3.05, 3.63) is 47.5 Å². The number of rotatable bonds is 11. The highest BCUT2D eigenvalue weighted by Crippen LogP contribution is 2.37. The highest BCUT2D eigenvalue weighted by atomic mass is 16.7. The van der Waals surface area contributed by atoms with Crippen LogP contribution in [0.25, 0.3) is 0 Å². The number of benzene rings is 2. The van der Waals surface area contributed by atoms with E-state index in [0.29, 0.717) is 25.4 Å². The topological polar surface area (TPSA) is 61.9 Å². The molecule has 0 saturated carbocycles. The first kappa shape index (κ1) is 25.7. The van der Waals surface area contributed by atoms with Crippen molar-refractivity contribution >= 4 is 0 Å². The number of hydrogen-bond donors (Lipinski definition) is 0. The second kappa shape index (κ2) is 12.6. The van der Waals surface area contributed by atoms with Crippen molar-refractivity contribution in [2.45, 2.75) is 25.7 Å². The fourth-order valence-electron chi connectivity index (χ4n) is 6.14. The number of nitrogens with zero attached hydrogens (tertiary/aromatic N) is 2. The van der Waals surface area contributed by atoms with E-state index in [1.807, 2.05) is 0 Å². The summed E-state index contributed by atoms with van der Waals surface area (Å²) in [7, 11) is 0. The molecule has 0 spiro atoms. The number of morpholine rings is 2. The summed E-state index contributed by atoms with van der Waals surface area (Å²) in [5.74, 6) is 4.47. The van der Waals surface area contributed by atoms with Crippen LogP contribution >= 0.6 is 0 Å². The third-order valence-electron chi connectivity index (χ3n) is 8.29. The van der Waals surface area contributed by atoms with Gasteiger partial charge in [-0.1, -0.05) is 12.1 Å². The summed E-state index contributed by atoms with van der Waals surface area (Å²) >= 11 is 0. The molecule has 0 aromatic heterocycles. The monoisotopic (exact) mass is 524 g/mol. The van der Waals surface area contributed by atoms with Gasteiger partial charge in [-0.05, 0) is 79.5 Å². The van der Waals surface area contributed by atoms with Crippen LogP contribution in [0.3, 0.4) is 0 Å². The zero-order valence-electron chi connectivity index (χ0n) is 22.3. The van der Waals surface area contributed by atoms with Crippen molar-refractivity contribution in [2.75, 3.05) is 79.3 Å². The molecule has 6 rings (SSSR count). The van der Waals surface area contributed by atoms with E-state index >= 15 is 0 Å². The lowest BCUT2D eigenvalue weighted by Gasteiger charge is -2.35. The molecule has 0 N–H and O–H groups in total. The zero-order chi connectivity index (χ0) is 25.6. The van der Waals surface area contributed by atoms with Crippen LogP contribution in [0, 0.1) is 11.8 Å². The van der Waals surface area contributed by atoms with E-state index in [4.69, 9.17) is 28.4 Å². The van der Waals surface area contributed by atoms with Gasteiger partial charge in [0.1, 0.15) is 0 Å². The number of ether oxygens (including phenoxy) is 6. The van der Waals surface area contributed by atoms with Crippen LogP contribution in [0.2, 0.25) is 0 Å². The van der Waals surface area contributed by atoms with Crippen molar-refractivity contribution in [3.63, 3.8) is 0 Å². The van der Waals surface area contributed by atoms with Crippen LogP contribution in [0.4, 0.5) is 0 Å². The Morgan fingerprint density at radius 3 is 1.74 bits per heavy atom. The van der Waals surface area contributed by atoms with Gasteiger partial charge in [0.15, 0.2) is 23.0 Å². The van der Waals surface area contributed by atoms with Gasteiger partial charge >= 0.3 is 0 Å². The van der Waals surface area contributed by atoms with E-state index in [1.165, 1.54) is 24.0 Å². The summed E-state index contributed by atoms with van der Waals surface area (Å²) in [4.78, 5) is 5.14. The molecule has 2 saturated heterocycles. The van der Waals surface area contributed by atoms with Crippen molar-refractivity contribution in [2.24, 2.45) is 11.8 Å². The Labute approximate surface area is 225 Å². The first-order valence-electron chi connectivity index (χ1n) is 14.2. The predicted octanol–water partition coefficient (Wildman–Crippen LogP) is 3.61. The summed E-state index contributed by atoms with van der Waals surface area (Å²) in [6.45, 7) is 10.3. The second-order valence-corrected chi connectivity index (χ2v) is 10.8. The minimum absolute atomic E-state index is 0.310. The van der Waals surface area contributed by atoms with Gasteiger partial charge in [0, 0.05) is 32.7 Å². The van der Waals surface area contributed by atoms with E-state index < -0.39 is 0 Å². The van der Waals surface area contributed by atoms with E-state index in [-0.39, 0.29) is 0 Å². The Kier molecular flexibility index (Phi) is 8.51. The minimum Gasteiger partial charge on any atom is -0.454 e. The van der Waals surface area contributed by atoms with Crippen LogP contribution in [0.5, 0.6) is 23.0 Å². The number of fused-ring (bicyclic) bond motifs is 2. The Hall–Kier alpha value is -2.52. The summed E-state index contributed by atoms with van der Waals surface area (Å²) < 4.78 is 33.8. The molecule has 4 aliphatic heterocycles. The van der Waals surface area contributed by atoms with E-state index in [2.05, 4.69) is 46.2 Å². The molecule has 0 radical (unpaired) electrons. The van der Waals surface area contributed by atoms with Crippen LogP contribution in [-0.2, 0) is 22.3 Å². The lowest BCUT2D eigenvalue weighted by Crippen LogP contribution is -2.42. The largest absolute Gasteiger partial charge is 0.454 e. The molecule has 2 atom stereocenters. The van der Waals surface area contributed by atoms with Gasteiger partial charge < -0.3 is 28.4 Å². The van der Waals surface area contributed by atoms with Crippen LogP contribution < -0.4 is 18.9 Å². The maximum absolute atomic E-state index is 5.71. The molecule has 4 heterocycles. The molecule has 8 heteroatoms. The highest BCUT2D eigenvalue weighted by molar-refractivity contribution is 5.45. The molecule has 0 aliphatic carbocycles. The summed E-state index contributed by atoms with van der Waals surface area (Å²) in [5, 5.41) is 0. The van der Waals surface area contributed by atoms with Crippen molar-refractivity contribution < 1.29 is 28.4 Å². The fourth-order valence-corrected chi connectivity index (χ4v) is 6.14. The molecule has 2 fully saturated rings. The molecule has 0 amide bonds. The molecule has 206 valence electrons. The molecule has 8 nitrogen and oxygen atoms in total. The molecule has 2 aromatic rings. The van der Waals surface area contributed by atoms with Crippen molar-refractivity contribution in [3.8, 4) is 23.0 Å². The SMILES string of the molecule is c1cc2c(cc1C[C@H](CN1CCOCC1)[C@@H](CCCN1CCOCC1)Cc1ccc3c(c1)OCO3)OCO2. The normalized spacial score (nSPS) is 20.9. The maximum atomic E-state index is 5.71. The minimum atomic E-state index is 0.310. The smallest absolute Gasteiger partial charge is 0.231 e. The van der Waals surface area contributed by atoms with Gasteiger partial charge in [-0.3, -0.25) is 9.80 Å². The molecule has 0 unspecified atom stereocenters. The van der Waals surface area contributed by atoms with Gasteiger partial charge in [0.25, 0.3) is 0 Å². The van der Waals surface area contributed by atoms with Gasteiger partial charge in [0.2, 0.25) is 13.6 Å². The van der Waals surface area contributed by atoms with Crippen LogP contribution in [-0.4, -0.2) is 89.1 Å². The quantitative estimate of drug-likeness (QED) is 0.442. The average Bonchev–Trinajstić information content (AvgIpc) is 3.62. The average molecular weight is 525 g/mol. The Morgan fingerprint density at radius 1 is 0.605 bits per heavy atom.